The number of hydrogen-bond acceptors (Lipinski definition) is 4. The molecule has 0 aliphatic rings. The lowest BCUT2D eigenvalue weighted by atomic mass is 10.1. The van der Waals surface area contributed by atoms with Crippen LogP contribution in [0.25, 0.3) is 0 Å². The second-order valence-electron chi connectivity index (χ2n) is 4.34. The minimum absolute atomic E-state index is 0.0830. The number of anilines is 1. The summed E-state index contributed by atoms with van der Waals surface area (Å²) < 4.78 is 18.0. The molecule has 0 unspecified atom stereocenters. The smallest absolute Gasteiger partial charge is 0.340 e. The summed E-state index contributed by atoms with van der Waals surface area (Å²) in [5.41, 5.74) is 2.72. The van der Waals surface area contributed by atoms with Crippen LogP contribution in [-0.2, 0) is 11.3 Å². The van der Waals surface area contributed by atoms with Gasteiger partial charge in [0.15, 0.2) is 0 Å². The summed E-state index contributed by atoms with van der Waals surface area (Å²) in [6.07, 6.45) is 3.50. The Bertz CT molecular complexity index is 629. The second kappa shape index (κ2) is 6.14. The van der Waals surface area contributed by atoms with Gasteiger partial charge in [0.25, 0.3) is 0 Å². The standard InChI is InChI=1S/C15H15FN2O2/c1-10-5-6-17-8-11(10)9-18-12-3-4-14(16)13(7-12)15(19)20-2/h3-8,18H,9H2,1-2H3. The zero-order valence-corrected chi connectivity index (χ0v) is 11.3. The van der Waals surface area contributed by atoms with Gasteiger partial charge in [-0.2, -0.15) is 0 Å². The van der Waals surface area contributed by atoms with Gasteiger partial charge in [-0.05, 0) is 42.3 Å². The number of nitrogens with one attached hydrogen (secondary N) is 1. The van der Waals surface area contributed by atoms with Gasteiger partial charge in [-0.3, -0.25) is 4.98 Å². The molecule has 1 aromatic heterocycles. The number of rotatable bonds is 4. The molecule has 0 aliphatic carbocycles. The minimum atomic E-state index is -0.691. The number of carbonyl (C=O) groups excluding carboxylic acids is 1. The first kappa shape index (κ1) is 14.0. The van der Waals surface area contributed by atoms with E-state index in [1.807, 2.05) is 13.0 Å². The van der Waals surface area contributed by atoms with Crippen molar-refractivity contribution in [2.75, 3.05) is 12.4 Å². The van der Waals surface area contributed by atoms with Crippen LogP contribution in [0.3, 0.4) is 0 Å². The maximum atomic E-state index is 13.5. The number of ether oxygens (including phenoxy) is 1. The second-order valence-corrected chi connectivity index (χ2v) is 4.34. The molecule has 0 aliphatic heterocycles. The first-order valence-corrected chi connectivity index (χ1v) is 6.13. The molecule has 4 nitrogen and oxygen atoms in total. The Labute approximate surface area is 116 Å². The van der Waals surface area contributed by atoms with E-state index < -0.39 is 11.8 Å². The van der Waals surface area contributed by atoms with Crippen molar-refractivity contribution in [2.45, 2.75) is 13.5 Å². The number of aryl methyl sites for hydroxylation is 1. The van der Waals surface area contributed by atoms with Gasteiger partial charge in [-0.25, -0.2) is 9.18 Å². The first-order chi connectivity index (χ1) is 9.61. The average molecular weight is 274 g/mol. The molecule has 0 bridgehead atoms. The molecule has 1 aromatic carbocycles. The Kier molecular flexibility index (Phi) is 4.30. The highest BCUT2D eigenvalue weighted by atomic mass is 19.1. The van der Waals surface area contributed by atoms with Crippen molar-refractivity contribution in [1.29, 1.82) is 0 Å². The fourth-order valence-corrected chi connectivity index (χ4v) is 1.78. The highest BCUT2D eigenvalue weighted by molar-refractivity contribution is 5.90. The molecule has 0 fully saturated rings. The fraction of sp³-hybridized carbons (Fsp3) is 0.200. The Hall–Kier alpha value is -2.43. The molecular weight excluding hydrogens is 259 g/mol. The van der Waals surface area contributed by atoms with E-state index in [1.54, 1.807) is 18.5 Å². The molecule has 0 amide bonds. The Morgan fingerprint density at radius 3 is 2.90 bits per heavy atom. The lowest BCUT2D eigenvalue weighted by Crippen LogP contribution is -2.07. The van der Waals surface area contributed by atoms with E-state index in [9.17, 15) is 9.18 Å². The molecule has 0 saturated heterocycles. The summed E-state index contributed by atoms with van der Waals surface area (Å²) in [5, 5.41) is 3.13. The number of esters is 1. The van der Waals surface area contributed by atoms with Crippen LogP contribution in [0, 0.1) is 12.7 Å². The van der Waals surface area contributed by atoms with Gasteiger partial charge < -0.3 is 10.1 Å². The molecule has 0 saturated carbocycles. The summed E-state index contributed by atoms with van der Waals surface area (Å²) in [7, 11) is 1.22. The molecule has 5 heteroatoms. The number of carbonyl (C=O) groups is 1. The third-order valence-electron chi connectivity index (χ3n) is 3.00. The van der Waals surface area contributed by atoms with Crippen molar-refractivity contribution in [1.82, 2.24) is 4.98 Å². The molecule has 0 radical (unpaired) electrons. The van der Waals surface area contributed by atoms with Crippen molar-refractivity contribution in [3.05, 3.63) is 59.2 Å². The number of hydrogen-bond donors (Lipinski definition) is 1. The number of halogens is 1. The van der Waals surface area contributed by atoms with E-state index in [1.165, 1.54) is 19.2 Å². The zero-order chi connectivity index (χ0) is 14.5. The van der Waals surface area contributed by atoms with Gasteiger partial charge in [0.2, 0.25) is 0 Å². The molecule has 1 heterocycles. The van der Waals surface area contributed by atoms with Crippen molar-refractivity contribution in [3.8, 4) is 0 Å². The molecular formula is C15H15FN2O2. The predicted octanol–water partition coefficient (Wildman–Crippen LogP) is 2.93. The van der Waals surface area contributed by atoms with Gasteiger partial charge in [0.1, 0.15) is 5.82 Å². The number of aromatic nitrogens is 1. The highest BCUT2D eigenvalue weighted by Crippen LogP contribution is 2.17. The van der Waals surface area contributed by atoms with Crippen molar-refractivity contribution in [3.63, 3.8) is 0 Å². The predicted molar refractivity (Wildman–Crippen MR) is 74.0 cm³/mol. The van der Waals surface area contributed by atoms with Crippen LogP contribution in [0.4, 0.5) is 10.1 Å². The van der Waals surface area contributed by atoms with E-state index in [4.69, 9.17) is 0 Å². The maximum absolute atomic E-state index is 13.5. The van der Waals surface area contributed by atoms with E-state index >= 15 is 0 Å². The van der Waals surface area contributed by atoms with Gasteiger partial charge in [-0.1, -0.05) is 0 Å². The summed E-state index contributed by atoms with van der Waals surface area (Å²) in [6, 6.07) is 6.17. The number of methoxy groups -OCH3 is 1. The summed E-state index contributed by atoms with van der Waals surface area (Å²) in [6.45, 7) is 2.54. The maximum Gasteiger partial charge on any atom is 0.340 e. The monoisotopic (exact) mass is 274 g/mol. The van der Waals surface area contributed by atoms with Crippen LogP contribution in [0.1, 0.15) is 21.5 Å². The molecule has 2 rings (SSSR count). The summed E-state index contributed by atoms with van der Waals surface area (Å²) in [5.74, 6) is -1.29. The normalized spacial score (nSPS) is 10.2. The van der Waals surface area contributed by atoms with Crippen molar-refractivity contribution < 1.29 is 13.9 Å². The highest BCUT2D eigenvalue weighted by Gasteiger charge is 2.12. The molecule has 0 atom stereocenters. The van der Waals surface area contributed by atoms with Crippen LogP contribution >= 0.6 is 0 Å². The van der Waals surface area contributed by atoms with E-state index in [-0.39, 0.29) is 5.56 Å². The topological polar surface area (TPSA) is 51.2 Å². The molecule has 0 spiro atoms. The lowest BCUT2D eigenvalue weighted by Gasteiger charge is -2.10. The van der Waals surface area contributed by atoms with Gasteiger partial charge >= 0.3 is 5.97 Å². The van der Waals surface area contributed by atoms with Gasteiger partial charge in [0, 0.05) is 24.6 Å². The Balaban J connectivity index is 2.14. The van der Waals surface area contributed by atoms with E-state index in [2.05, 4.69) is 15.0 Å². The lowest BCUT2D eigenvalue weighted by molar-refractivity contribution is 0.0595. The zero-order valence-electron chi connectivity index (χ0n) is 11.3. The van der Waals surface area contributed by atoms with Crippen molar-refractivity contribution in [2.24, 2.45) is 0 Å². The molecule has 104 valence electrons. The summed E-state index contributed by atoms with van der Waals surface area (Å²) >= 11 is 0. The van der Waals surface area contributed by atoms with Crippen LogP contribution in [0.2, 0.25) is 0 Å². The third-order valence-corrected chi connectivity index (χ3v) is 3.00. The number of pyridine rings is 1. The van der Waals surface area contributed by atoms with E-state index in [0.717, 1.165) is 11.1 Å². The SMILES string of the molecule is COC(=O)c1cc(NCc2cnccc2C)ccc1F. The quantitative estimate of drug-likeness (QED) is 0.871. The Morgan fingerprint density at radius 2 is 2.20 bits per heavy atom. The fourth-order valence-electron chi connectivity index (χ4n) is 1.78. The van der Waals surface area contributed by atoms with Crippen LogP contribution in [0.15, 0.2) is 36.7 Å². The van der Waals surface area contributed by atoms with E-state index in [0.29, 0.717) is 12.2 Å². The largest absolute Gasteiger partial charge is 0.465 e. The first-order valence-electron chi connectivity index (χ1n) is 6.13. The average Bonchev–Trinajstić information content (AvgIpc) is 2.47. The molecule has 1 N–H and O–H groups in total. The number of nitrogens with zero attached hydrogens (tertiary/aromatic N) is 1. The minimum Gasteiger partial charge on any atom is -0.465 e. The van der Waals surface area contributed by atoms with Gasteiger partial charge in [-0.15, -0.1) is 0 Å². The van der Waals surface area contributed by atoms with Crippen LogP contribution < -0.4 is 5.32 Å². The summed E-state index contributed by atoms with van der Waals surface area (Å²) in [4.78, 5) is 15.5. The number of benzene rings is 1. The molecule has 2 aromatic rings. The van der Waals surface area contributed by atoms with Crippen molar-refractivity contribution >= 4 is 11.7 Å². The van der Waals surface area contributed by atoms with Crippen LogP contribution in [0.5, 0.6) is 0 Å². The van der Waals surface area contributed by atoms with Crippen LogP contribution in [-0.4, -0.2) is 18.1 Å². The Morgan fingerprint density at radius 1 is 1.40 bits per heavy atom. The van der Waals surface area contributed by atoms with Gasteiger partial charge in [0.05, 0.1) is 12.7 Å². The third kappa shape index (κ3) is 3.12. The molecule has 20 heavy (non-hydrogen) atoms.